The van der Waals surface area contributed by atoms with Crippen molar-refractivity contribution in [1.29, 1.82) is 0 Å². The summed E-state index contributed by atoms with van der Waals surface area (Å²) in [7, 11) is -0.996. The molecule has 0 atom stereocenters. The Morgan fingerprint density at radius 1 is 0.958 bits per heavy atom. The number of anilines is 2. The first-order valence-corrected chi connectivity index (χ1v) is 8.47. The summed E-state index contributed by atoms with van der Waals surface area (Å²) < 4.78 is 37.9. The summed E-state index contributed by atoms with van der Waals surface area (Å²) in [4.78, 5) is 11.2. The fourth-order valence-corrected chi connectivity index (χ4v) is 3.15. The summed E-state index contributed by atoms with van der Waals surface area (Å²) in [5, 5.41) is 2.57. The van der Waals surface area contributed by atoms with Crippen molar-refractivity contribution >= 4 is 27.3 Å². The Kier molecular flexibility index (Phi) is 5.30. The van der Waals surface area contributed by atoms with Crippen molar-refractivity contribution in [3.05, 3.63) is 42.5 Å². The lowest BCUT2D eigenvalue weighted by Gasteiger charge is -2.14. The molecule has 0 bridgehead atoms. The number of sulfonamides is 1. The van der Waals surface area contributed by atoms with Gasteiger partial charge >= 0.3 is 0 Å². The van der Waals surface area contributed by atoms with Crippen LogP contribution in [0.3, 0.4) is 0 Å². The van der Waals surface area contributed by atoms with Gasteiger partial charge in [0.25, 0.3) is 10.0 Å². The van der Waals surface area contributed by atoms with Gasteiger partial charge in [0, 0.05) is 13.0 Å². The van der Waals surface area contributed by atoms with Crippen molar-refractivity contribution < 1.29 is 22.7 Å². The van der Waals surface area contributed by atoms with Crippen LogP contribution in [0, 0.1) is 0 Å². The molecule has 0 radical (unpaired) electrons. The molecule has 2 rings (SSSR count). The van der Waals surface area contributed by atoms with Crippen LogP contribution in [0.25, 0.3) is 0 Å². The zero-order chi connectivity index (χ0) is 17.7. The normalized spacial score (nSPS) is 10.8. The second kappa shape index (κ2) is 7.22. The molecule has 0 aliphatic heterocycles. The van der Waals surface area contributed by atoms with Crippen molar-refractivity contribution in [2.75, 3.05) is 24.3 Å². The largest absolute Gasteiger partial charge is 0.495 e. The van der Waals surface area contributed by atoms with Crippen LogP contribution in [-0.4, -0.2) is 28.5 Å². The van der Waals surface area contributed by atoms with E-state index in [4.69, 9.17) is 9.47 Å². The van der Waals surface area contributed by atoms with Crippen molar-refractivity contribution in [3.63, 3.8) is 0 Å². The molecule has 0 saturated heterocycles. The third-order valence-corrected chi connectivity index (χ3v) is 4.51. The first-order valence-electron chi connectivity index (χ1n) is 6.99. The van der Waals surface area contributed by atoms with Gasteiger partial charge in [0.2, 0.25) is 5.91 Å². The number of para-hydroxylation sites is 2. The summed E-state index contributed by atoms with van der Waals surface area (Å²) in [6, 6.07) is 10.9. The van der Waals surface area contributed by atoms with Gasteiger partial charge in [-0.2, -0.15) is 0 Å². The minimum atomic E-state index is -3.85. The van der Waals surface area contributed by atoms with E-state index >= 15 is 0 Å². The molecule has 0 fully saturated rings. The maximum absolute atomic E-state index is 12.6. The number of hydrogen-bond acceptors (Lipinski definition) is 5. The highest BCUT2D eigenvalue weighted by molar-refractivity contribution is 7.92. The van der Waals surface area contributed by atoms with E-state index in [0.717, 1.165) is 0 Å². The van der Waals surface area contributed by atoms with Crippen LogP contribution in [0.1, 0.15) is 6.92 Å². The van der Waals surface area contributed by atoms with Crippen molar-refractivity contribution in [3.8, 4) is 11.5 Å². The van der Waals surface area contributed by atoms with Gasteiger partial charge in [0.05, 0.1) is 30.5 Å². The summed E-state index contributed by atoms with van der Waals surface area (Å²) >= 11 is 0. The predicted octanol–water partition coefficient (Wildman–Crippen LogP) is 2.46. The maximum atomic E-state index is 12.6. The lowest BCUT2D eigenvalue weighted by Crippen LogP contribution is -2.14. The van der Waals surface area contributed by atoms with E-state index in [1.165, 1.54) is 39.3 Å². The third kappa shape index (κ3) is 3.96. The van der Waals surface area contributed by atoms with E-state index in [1.807, 2.05) is 0 Å². The van der Waals surface area contributed by atoms with Crippen LogP contribution in [0.5, 0.6) is 11.5 Å². The monoisotopic (exact) mass is 350 g/mol. The van der Waals surface area contributed by atoms with E-state index in [1.54, 1.807) is 24.3 Å². The molecule has 0 aromatic heterocycles. The molecule has 0 aliphatic rings. The highest BCUT2D eigenvalue weighted by Crippen LogP contribution is 2.30. The summed E-state index contributed by atoms with van der Waals surface area (Å²) in [6.07, 6.45) is 0. The standard InChI is InChI=1S/C16H18N2O5S/c1-11(19)17-13-9-8-12(10-16(13)23-3)24(20,21)18-14-6-4-5-7-15(14)22-2/h4-10,18H,1-3H3,(H,17,19). The first-order chi connectivity index (χ1) is 11.4. The number of carbonyl (C=O) groups is 1. The van der Waals surface area contributed by atoms with Crippen LogP contribution in [0.4, 0.5) is 11.4 Å². The number of ether oxygens (including phenoxy) is 2. The van der Waals surface area contributed by atoms with Crippen molar-refractivity contribution in [2.24, 2.45) is 0 Å². The zero-order valence-electron chi connectivity index (χ0n) is 13.5. The number of nitrogens with one attached hydrogen (secondary N) is 2. The molecule has 2 N–H and O–H groups in total. The van der Waals surface area contributed by atoms with Gasteiger partial charge in [-0.25, -0.2) is 8.42 Å². The molecular formula is C16H18N2O5S. The van der Waals surface area contributed by atoms with E-state index in [0.29, 0.717) is 17.1 Å². The first kappa shape index (κ1) is 17.6. The smallest absolute Gasteiger partial charge is 0.262 e. The quantitative estimate of drug-likeness (QED) is 0.835. The number of benzene rings is 2. The van der Waals surface area contributed by atoms with Gasteiger partial charge in [-0.3, -0.25) is 9.52 Å². The Morgan fingerprint density at radius 3 is 2.25 bits per heavy atom. The molecule has 24 heavy (non-hydrogen) atoms. The summed E-state index contributed by atoms with van der Waals surface area (Å²) in [5.74, 6) is 0.368. The average Bonchev–Trinajstić information content (AvgIpc) is 2.54. The second-order valence-corrected chi connectivity index (χ2v) is 6.53. The fraction of sp³-hybridized carbons (Fsp3) is 0.188. The van der Waals surface area contributed by atoms with Gasteiger partial charge in [0.1, 0.15) is 11.5 Å². The molecule has 0 saturated carbocycles. The van der Waals surface area contributed by atoms with Gasteiger partial charge in [0.15, 0.2) is 0 Å². The average molecular weight is 350 g/mol. The van der Waals surface area contributed by atoms with Crippen molar-refractivity contribution in [2.45, 2.75) is 11.8 Å². The highest BCUT2D eigenvalue weighted by Gasteiger charge is 2.18. The van der Waals surface area contributed by atoms with E-state index in [9.17, 15) is 13.2 Å². The van der Waals surface area contributed by atoms with E-state index in [-0.39, 0.29) is 16.6 Å². The maximum Gasteiger partial charge on any atom is 0.262 e. The minimum Gasteiger partial charge on any atom is -0.495 e. The molecule has 0 heterocycles. The van der Waals surface area contributed by atoms with Gasteiger partial charge in [-0.1, -0.05) is 12.1 Å². The Labute approximate surface area is 140 Å². The highest BCUT2D eigenvalue weighted by atomic mass is 32.2. The van der Waals surface area contributed by atoms with Crippen LogP contribution >= 0.6 is 0 Å². The lowest BCUT2D eigenvalue weighted by molar-refractivity contribution is -0.114. The van der Waals surface area contributed by atoms with Crippen molar-refractivity contribution in [1.82, 2.24) is 0 Å². The topological polar surface area (TPSA) is 93.7 Å². The van der Waals surface area contributed by atoms with Crippen LogP contribution in [-0.2, 0) is 14.8 Å². The Hall–Kier alpha value is -2.74. The fourth-order valence-electron chi connectivity index (χ4n) is 2.06. The Balaban J connectivity index is 2.37. The Bertz CT molecular complexity index is 849. The SMILES string of the molecule is COc1cc(S(=O)(=O)Nc2ccccc2OC)ccc1NC(C)=O. The lowest BCUT2D eigenvalue weighted by atomic mass is 10.3. The van der Waals surface area contributed by atoms with E-state index < -0.39 is 10.0 Å². The molecular weight excluding hydrogens is 332 g/mol. The van der Waals surface area contributed by atoms with Gasteiger partial charge in [-0.15, -0.1) is 0 Å². The van der Waals surface area contributed by atoms with E-state index in [2.05, 4.69) is 10.0 Å². The number of hydrogen-bond donors (Lipinski definition) is 2. The number of rotatable bonds is 6. The second-order valence-electron chi connectivity index (χ2n) is 4.85. The Morgan fingerprint density at radius 2 is 1.62 bits per heavy atom. The third-order valence-electron chi connectivity index (χ3n) is 3.15. The number of amides is 1. The molecule has 0 unspecified atom stereocenters. The van der Waals surface area contributed by atoms with Gasteiger partial charge in [-0.05, 0) is 24.3 Å². The molecule has 7 nitrogen and oxygen atoms in total. The summed E-state index contributed by atoms with van der Waals surface area (Å²) in [6.45, 7) is 1.35. The molecule has 0 spiro atoms. The zero-order valence-corrected chi connectivity index (χ0v) is 14.3. The summed E-state index contributed by atoms with van der Waals surface area (Å²) in [5.41, 5.74) is 0.714. The molecule has 0 aliphatic carbocycles. The predicted molar refractivity (Wildman–Crippen MR) is 91.1 cm³/mol. The minimum absolute atomic E-state index is 0.000594. The molecule has 1 amide bonds. The molecule has 2 aromatic rings. The molecule has 128 valence electrons. The number of carbonyl (C=O) groups excluding carboxylic acids is 1. The molecule has 2 aromatic carbocycles. The van der Waals surface area contributed by atoms with Crippen LogP contribution < -0.4 is 19.5 Å². The van der Waals surface area contributed by atoms with Crippen LogP contribution in [0.2, 0.25) is 0 Å². The molecule has 8 heteroatoms. The van der Waals surface area contributed by atoms with Crippen LogP contribution in [0.15, 0.2) is 47.4 Å². The number of methoxy groups -OCH3 is 2. The van der Waals surface area contributed by atoms with Gasteiger partial charge < -0.3 is 14.8 Å².